The van der Waals surface area contributed by atoms with Crippen LogP contribution in [0.2, 0.25) is 0 Å². The van der Waals surface area contributed by atoms with Gasteiger partial charge in [-0.15, -0.1) is 0 Å². The molecule has 1 amide bonds. The number of hydrogen-bond donors (Lipinski definition) is 2. The van der Waals surface area contributed by atoms with Crippen LogP contribution in [0.4, 0.5) is 5.69 Å². The third-order valence-corrected chi connectivity index (χ3v) is 2.50. The summed E-state index contributed by atoms with van der Waals surface area (Å²) >= 11 is 0. The quantitative estimate of drug-likeness (QED) is 0.760. The fourth-order valence-electron chi connectivity index (χ4n) is 1.66. The van der Waals surface area contributed by atoms with Crippen molar-refractivity contribution in [3.8, 4) is 0 Å². The lowest BCUT2D eigenvalue weighted by atomic mass is 10.3. The summed E-state index contributed by atoms with van der Waals surface area (Å²) in [5.41, 5.74) is 6.92. The van der Waals surface area contributed by atoms with E-state index in [2.05, 4.69) is 5.32 Å². The van der Waals surface area contributed by atoms with E-state index in [4.69, 9.17) is 10.5 Å². The molecule has 0 aliphatic rings. The van der Waals surface area contributed by atoms with Gasteiger partial charge in [0.15, 0.2) is 0 Å². The number of ether oxygens (including phenoxy) is 1. The molecule has 0 saturated heterocycles. The molecule has 18 heavy (non-hydrogen) atoms. The third kappa shape index (κ3) is 4.07. The Bertz CT molecular complexity index is 397. The number of nitrogen functional groups attached to an aromatic ring is 1. The van der Waals surface area contributed by atoms with Crippen LogP contribution in [0.15, 0.2) is 12.3 Å². The number of nitrogens with one attached hydrogen (secondary N) is 1. The molecule has 0 unspecified atom stereocenters. The fourth-order valence-corrected chi connectivity index (χ4v) is 1.66. The van der Waals surface area contributed by atoms with Crippen molar-refractivity contribution in [2.24, 2.45) is 0 Å². The lowest BCUT2D eigenvalue weighted by Crippen LogP contribution is -2.30. The number of rotatable bonds is 6. The smallest absolute Gasteiger partial charge is 0.268 e. The Morgan fingerprint density at radius 1 is 1.44 bits per heavy atom. The molecular weight excluding hydrogens is 230 g/mol. The first-order valence-corrected chi connectivity index (χ1v) is 6.29. The molecule has 102 valence electrons. The van der Waals surface area contributed by atoms with Crippen molar-refractivity contribution >= 4 is 11.6 Å². The molecule has 0 radical (unpaired) electrons. The minimum Gasteiger partial charge on any atom is -0.397 e. The van der Waals surface area contributed by atoms with Crippen LogP contribution >= 0.6 is 0 Å². The van der Waals surface area contributed by atoms with E-state index >= 15 is 0 Å². The molecule has 1 aromatic rings. The average molecular weight is 253 g/mol. The average Bonchev–Trinajstić information content (AvgIpc) is 2.66. The van der Waals surface area contributed by atoms with Crippen molar-refractivity contribution in [1.82, 2.24) is 9.88 Å². The zero-order valence-corrected chi connectivity index (χ0v) is 11.6. The molecule has 0 bridgehead atoms. The zero-order chi connectivity index (χ0) is 13.7. The van der Waals surface area contributed by atoms with Gasteiger partial charge < -0.3 is 20.4 Å². The molecule has 0 aliphatic heterocycles. The molecule has 0 spiro atoms. The Morgan fingerprint density at radius 3 is 2.67 bits per heavy atom. The first kappa shape index (κ1) is 14.6. The van der Waals surface area contributed by atoms with Gasteiger partial charge in [-0.1, -0.05) is 0 Å². The predicted molar refractivity (Wildman–Crippen MR) is 72.7 cm³/mol. The maximum atomic E-state index is 12.0. The fraction of sp³-hybridized carbons (Fsp3) is 0.615. The van der Waals surface area contributed by atoms with Crippen LogP contribution in [0.5, 0.6) is 0 Å². The van der Waals surface area contributed by atoms with E-state index in [-0.39, 0.29) is 18.1 Å². The second kappa shape index (κ2) is 6.44. The minimum atomic E-state index is -0.118. The maximum Gasteiger partial charge on any atom is 0.268 e. The van der Waals surface area contributed by atoms with E-state index in [1.807, 2.05) is 32.3 Å². The summed E-state index contributed by atoms with van der Waals surface area (Å²) in [6.07, 6.45) is 1.96. The van der Waals surface area contributed by atoms with Crippen LogP contribution in [-0.4, -0.2) is 29.7 Å². The minimum absolute atomic E-state index is 0.118. The summed E-state index contributed by atoms with van der Waals surface area (Å²) in [4.78, 5) is 12.0. The van der Waals surface area contributed by atoms with Gasteiger partial charge in [-0.05, 0) is 33.8 Å². The van der Waals surface area contributed by atoms with E-state index in [0.29, 0.717) is 24.5 Å². The molecule has 0 aliphatic carbocycles. The highest BCUT2D eigenvalue weighted by molar-refractivity contribution is 5.93. The Labute approximate surface area is 108 Å². The van der Waals surface area contributed by atoms with Crippen molar-refractivity contribution in [2.75, 3.05) is 18.9 Å². The first-order valence-electron chi connectivity index (χ1n) is 6.29. The van der Waals surface area contributed by atoms with Gasteiger partial charge in [0.05, 0.1) is 18.4 Å². The normalized spacial score (nSPS) is 11.2. The van der Waals surface area contributed by atoms with Gasteiger partial charge in [0.25, 0.3) is 5.91 Å². The SMILES string of the molecule is CC(C)OCCNC(=O)c1cc(N)cn1C(C)C. The van der Waals surface area contributed by atoms with Crippen molar-refractivity contribution < 1.29 is 9.53 Å². The summed E-state index contributed by atoms with van der Waals surface area (Å²) in [7, 11) is 0. The van der Waals surface area contributed by atoms with Crippen LogP contribution in [0.1, 0.15) is 44.2 Å². The summed E-state index contributed by atoms with van der Waals surface area (Å²) in [5.74, 6) is -0.118. The van der Waals surface area contributed by atoms with Crippen LogP contribution in [0, 0.1) is 0 Å². The van der Waals surface area contributed by atoms with Gasteiger partial charge in [-0.2, -0.15) is 0 Å². The van der Waals surface area contributed by atoms with Gasteiger partial charge in [0, 0.05) is 18.8 Å². The van der Waals surface area contributed by atoms with Gasteiger partial charge in [-0.25, -0.2) is 0 Å². The van der Waals surface area contributed by atoms with E-state index in [1.54, 1.807) is 12.3 Å². The number of hydrogen-bond acceptors (Lipinski definition) is 3. The molecule has 5 nitrogen and oxygen atoms in total. The maximum absolute atomic E-state index is 12.0. The number of nitrogens with zero attached hydrogens (tertiary/aromatic N) is 1. The zero-order valence-electron chi connectivity index (χ0n) is 11.6. The van der Waals surface area contributed by atoms with E-state index in [1.165, 1.54) is 0 Å². The molecule has 0 saturated carbocycles. The predicted octanol–water partition coefficient (Wildman–Crippen LogP) is 1.81. The second-order valence-corrected chi connectivity index (χ2v) is 4.84. The third-order valence-electron chi connectivity index (χ3n) is 2.50. The Balaban J connectivity index is 2.56. The van der Waals surface area contributed by atoms with Crippen LogP contribution < -0.4 is 11.1 Å². The summed E-state index contributed by atoms with van der Waals surface area (Å²) in [6.45, 7) is 8.97. The molecule has 1 aromatic heterocycles. The summed E-state index contributed by atoms with van der Waals surface area (Å²) < 4.78 is 7.23. The van der Waals surface area contributed by atoms with Gasteiger partial charge in [0.1, 0.15) is 5.69 Å². The standard InChI is InChI=1S/C13H23N3O2/c1-9(2)16-8-11(14)7-12(16)13(17)15-5-6-18-10(3)4/h7-10H,5-6,14H2,1-4H3,(H,15,17). The van der Waals surface area contributed by atoms with Crippen LogP contribution in [0.3, 0.4) is 0 Å². The number of carbonyl (C=O) groups is 1. The van der Waals surface area contributed by atoms with E-state index in [0.717, 1.165) is 0 Å². The Kier molecular flexibility index (Phi) is 5.22. The van der Waals surface area contributed by atoms with Gasteiger partial charge in [-0.3, -0.25) is 4.79 Å². The monoisotopic (exact) mass is 253 g/mol. The lowest BCUT2D eigenvalue weighted by molar-refractivity contribution is 0.0743. The molecule has 0 fully saturated rings. The van der Waals surface area contributed by atoms with Crippen LogP contribution in [0.25, 0.3) is 0 Å². The molecule has 3 N–H and O–H groups in total. The molecule has 0 atom stereocenters. The summed E-state index contributed by atoms with van der Waals surface area (Å²) in [5, 5.41) is 2.82. The molecule has 1 rings (SSSR count). The van der Waals surface area contributed by atoms with Crippen molar-refractivity contribution in [3.05, 3.63) is 18.0 Å². The van der Waals surface area contributed by atoms with E-state index < -0.39 is 0 Å². The number of anilines is 1. The first-order chi connectivity index (χ1) is 8.41. The highest BCUT2D eigenvalue weighted by Gasteiger charge is 2.14. The molecular formula is C13H23N3O2. The topological polar surface area (TPSA) is 69.3 Å². The largest absolute Gasteiger partial charge is 0.397 e. The van der Waals surface area contributed by atoms with Crippen molar-refractivity contribution in [1.29, 1.82) is 0 Å². The highest BCUT2D eigenvalue weighted by Crippen LogP contribution is 2.16. The Hall–Kier alpha value is -1.49. The van der Waals surface area contributed by atoms with E-state index in [9.17, 15) is 4.79 Å². The highest BCUT2D eigenvalue weighted by atomic mass is 16.5. The number of nitrogens with two attached hydrogens (primary N) is 1. The van der Waals surface area contributed by atoms with Gasteiger partial charge in [0.2, 0.25) is 0 Å². The lowest BCUT2D eigenvalue weighted by Gasteiger charge is -2.13. The summed E-state index contributed by atoms with van der Waals surface area (Å²) in [6, 6.07) is 1.90. The molecule has 1 heterocycles. The van der Waals surface area contributed by atoms with Crippen molar-refractivity contribution in [2.45, 2.75) is 39.8 Å². The number of carbonyl (C=O) groups excluding carboxylic acids is 1. The molecule has 5 heteroatoms. The van der Waals surface area contributed by atoms with Crippen LogP contribution in [-0.2, 0) is 4.74 Å². The second-order valence-electron chi connectivity index (χ2n) is 4.84. The number of aromatic nitrogens is 1. The van der Waals surface area contributed by atoms with Gasteiger partial charge >= 0.3 is 0 Å². The molecule has 0 aromatic carbocycles. The van der Waals surface area contributed by atoms with Crippen molar-refractivity contribution in [3.63, 3.8) is 0 Å². The Morgan fingerprint density at radius 2 is 2.11 bits per heavy atom. The number of amides is 1.